The summed E-state index contributed by atoms with van der Waals surface area (Å²) < 4.78 is 10.3. The number of para-hydroxylation sites is 1. The molecule has 1 atom stereocenters. The lowest BCUT2D eigenvalue weighted by molar-refractivity contribution is -0.116. The van der Waals surface area contributed by atoms with Gasteiger partial charge in [-0.3, -0.25) is 4.79 Å². The Morgan fingerprint density at radius 1 is 1.06 bits per heavy atom. The predicted octanol–water partition coefficient (Wildman–Crippen LogP) is 4.30. The van der Waals surface area contributed by atoms with Crippen LogP contribution < -0.4 is 16.0 Å². The number of rotatable bonds is 8. The fourth-order valence-corrected chi connectivity index (χ4v) is 2.72. The second kappa shape index (κ2) is 10.4. The average molecular weight is 423 g/mol. The number of amides is 3. The summed E-state index contributed by atoms with van der Waals surface area (Å²) in [4.78, 5) is 28.8. The van der Waals surface area contributed by atoms with Gasteiger partial charge in [0, 0.05) is 37.0 Å². The molecule has 0 aliphatic rings. The van der Waals surface area contributed by atoms with Gasteiger partial charge >= 0.3 is 6.03 Å². The molecule has 9 heteroatoms. The molecular weight excluding hydrogens is 398 g/mol. The molecule has 9 nitrogen and oxygen atoms in total. The smallest absolute Gasteiger partial charge is 0.323 e. The molecule has 0 saturated heterocycles. The van der Waals surface area contributed by atoms with Crippen molar-refractivity contribution >= 4 is 29.0 Å². The summed E-state index contributed by atoms with van der Waals surface area (Å²) in [6, 6.07) is 14.1. The maximum Gasteiger partial charge on any atom is 0.323 e. The molecule has 3 N–H and O–H groups in total. The number of nitrogens with one attached hydrogen (secondary N) is 3. The van der Waals surface area contributed by atoms with Crippen LogP contribution in [0.15, 0.2) is 53.1 Å². The molecule has 3 aromatic rings. The minimum Gasteiger partial charge on any atom is -0.374 e. The van der Waals surface area contributed by atoms with E-state index in [0.717, 1.165) is 5.56 Å². The van der Waals surface area contributed by atoms with E-state index in [1.165, 1.54) is 0 Å². The maximum absolute atomic E-state index is 12.4. The zero-order chi connectivity index (χ0) is 22.2. The third-order valence-electron chi connectivity index (χ3n) is 4.57. The van der Waals surface area contributed by atoms with Crippen LogP contribution in [0.1, 0.15) is 36.7 Å². The molecule has 0 radical (unpaired) electrons. The molecule has 3 amide bonds. The number of ether oxygens (including phenoxy) is 1. The molecule has 0 fully saturated rings. The fourth-order valence-electron chi connectivity index (χ4n) is 2.72. The zero-order valence-electron chi connectivity index (χ0n) is 17.6. The van der Waals surface area contributed by atoms with Gasteiger partial charge in [-0.05, 0) is 43.7 Å². The molecule has 0 spiro atoms. The first kappa shape index (κ1) is 22.0. The first-order valence-electron chi connectivity index (χ1n) is 9.83. The van der Waals surface area contributed by atoms with Crippen molar-refractivity contribution in [3.63, 3.8) is 0 Å². The minimum absolute atomic E-state index is 0.175. The van der Waals surface area contributed by atoms with Crippen molar-refractivity contribution in [2.24, 2.45) is 0 Å². The van der Waals surface area contributed by atoms with Crippen LogP contribution in [0.25, 0.3) is 0 Å². The van der Waals surface area contributed by atoms with Gasteiger partial charge in [-0.2, -0.15) is 4.98 Å². The van der Waals surface area contributed by atoms with Crippen LogP contribution in [0.2, 0.25) is 0 Å². The molecule has 1 heterocycles. The molecule has 0 unspecified atom stereocenters. The molecule has 162 valence electrons. The molecular formula is C22H25N5O4. The average Bonchev–Trinajstić information content (AvgIpc) is 3.24. The van der Waals surface area contributed by atoms with Crippen LogP contribution in [0.5, 0.6) is 0 Å². The van der Waals surface area contributed by atoms with E-state index in [1.807, 2.05) is 38.1 Å². The Kier molecular flexibility index (Phi) is 7.34. The van der Waals surface area contributed by atoms with E-state index in [0.29, 0.717) is 35.2 Å². The minimum atomic E-state index is -0.371. The van der Waals surface area contributed by atoms with Crippen LogP contribution >= 0.6 is 0 Å². The van der Waals surface area contributed by atoms with Crippen molar-refractivity contribution in [2.45, 2.75) is 32.8 Å². The van der Waals surface area contributed by atoms with Crippen molar-refractivity contribution in [3.05, 3.63) is 65.8 Å². The standard InChI is InChI=1S/C22H25N5O4/c1-14-9-10-17(24-22(29)23-16-7-5-4-6-8-16)13-18(14)25-19(28)11-12-20-26-21(27-31-20)15(2)30-3/h4-10,13,15H,11-12H2,1-3H3,(H,25,28)(H2,23,24,29)/t15-/m1/s1. The van der Waals surface area contributed by atoms with Crippen LogP contribution in [-0.2, 0) is 16.0 Å². The van der Waals surface area contributed by atoms with Gasteiger partial charge in [0.2, 0.25) is 11.8 Å². The Bertz CT molecular complexity index is 1040. The summed E-state index contributed by atoms with van der Waals surface area (Å²) >= 11 is 0. The van der Waals surface area contributed by atoms with E-state index in [1.54, 1.807) is 31.4 Å². The number of anilines is 3. The van der Waals surface area contributed by atoms with Gasteiger partial charge < -0.3 is 25.2 Å². The Morgan fingerprint density at radius 2 is 1.81 bits per heavy atom. The normalized spacial score (nSPS) is 11.6. The van der Waals surface area contributed by atoms with Gasteiger partial charge in [0.1, 0.15) is 6.10 Å². The Hall–Kier alpha value is -3.72. The van der Waals surface area contributed by atoms with Gasteiger partial charge in [-0.25, -0.2) is 4.79 Å². The summed E-state index contributed by atoms with van der Waals surface area (Å²) in [5.74, 6) is 0.619. The second-order valence-corrected chi connectivity index (χ2v) is 6.95. The second-order valence-electron chi connectivity index (χ2n) is 6.95. The fraction of sp³-hybridized carbons (Fsp3) is 0.273. The largest absolute Gasteiger partial charge is 0.374 e. The van der Waals surface area contributed by atoms with Crippen molar-refractivity contribution in [3.8, 4) is 0 Å². The lowest BCUT2D eigenvalue weighted by Gasteiger charge is -2.12. The van der Waals surface area contributed by atoms with E-state index in [2.05, 4.69) is 26.1 Å². The molecule has 3 rings (SSSR count). The highest BCUT2D eigenvalue weighted by atomic mass is 16.5. The summed E-state index contributed by atoms with van der Waals surface area (Å²) in [5.41, 5.74) is 2.73. The summed E-state index contributed by atoms with van der Waals surface area (Å²) in [6.45, 7) is 3.69. The van der Waals surface area contributed by atoms with Crippen LogP contribution in [0.4, 0.5) is 21.9 Å². The first-order chi connectivity index (χ1) is 14.9. The number of methoxy groups -OCH3 is 1. The number of aromatic nitrogens is 2. The van der Waals surface area contributed by atoms with E-state index >= 15 is 0 Å². The van der Waals surface area contributed by atoms with Gasteiger partial charge in [-0.1, -0.05) is 29.4 Å². The van der Waals surface area contributed by atoms with Crippen molar-refractivity contribution in [1.82, 2.24) is 10.1 Å². The zero-order valence-corrected chi connectivity index (χ0v) is 17.6. The van der Waals surface area contributed by atoms with Crippen LogP contribution in [0.3, 0.4) is 0 Å². The molecule has 0 aliphatic heterocycles. The van der Waals surface area contributed by atoms with E-state index in [-0.39, 0.29) is 24.5 Å². The molecule has 31 heavy (non-hydrogen) atoms. The quantitative estimate of drug-likeness (QED) is 0.497. The molecule has 0 bridgehead atoms. The number of carbonyl (C=O) groups is 2. The number of aryl methyl sites for hydroxylation is 2. The third kappa shape index (κ3) is 6.38. The van der Waals surface area contributed by atoms with E-state index < -0.39 is 0 Å². The number of hydrogen-bond donors (Lipinski definition) is 3. The van der Waals surface area contributed by atoms with E-state index in [9.17, 15) is 9.59 Å². The summed E-state index contributed by atoms with van der Waals surface area (Å²) in [6.07, 6.45) is 0.212. The summed E-state index contributed by atoms with van der Waals surface area (Å²) in [5, 5.41) is 12.2. The number of nitrogens with zero attached hydrogens (tertiary/aromatic N) is 2. The SMILES string of the molecule is CO[C@H](C)c1noc(CCC(=O)Nc2cc(NC(=O)Nc3ccccc3)ccc2C)n1. The summed E-state index contributed by atoms with van der Waals surface area (Å²) in [7, 11) is 1.56. The van der Waals surface area contributed by atoms with Crippen molar-refractivity contribution in [1.29, 1.82) is 0 Å². The number of carbonyl (C=O) groups excluding carboxylic acids is 2. The Morgan fingerprint density at radius 3 is 2.55 bits per heavy atom. The van der Waals surface area contributed by atoms with Gasteiger partial charge in [-0.15, -0.1) is 0 Å². The lowest BCUT2D eigenvalue weighted by atomic mass is 10.1. The maximum atomic E-state index is 12.4. The molecule has 1 aromatic heterocycles. The third-order valence-corrected chi connectivity index (χ3v) is 4.57. The molecule has 0 aliphatic carbocycles. The van der Waals surface area contributed by atoms with Crippen LogP contribution in [0, 0.1) is 6.92 Å². The number of urea groups is 1. The first-order valence-corrected chi connectivity index (χ1v) is 9.83. The van der Waals surface area contributed by atoms with Gasteiger partial charge in [0.25, 0.3) is 0 Å². The highest BCUT2D eigenvalue weighted by Gasteiger charge is 2.14. The molecule has 0 saturated carbocycles. The van der Waals surface area contributed by atoms with Gasteiger partial charge in [0.15, 0.2) is 5.82 Å². The van der Waals surface area contributed by atoms with Crippen molar-refractivity contribution in [2.75, 3.05) is 23.1 Å². The van der Waals surface area contributed by atoms with Crippen molar-refractivity contribution < 1.29 is 18.8 Å². The Labute approximate surface area is 180 Å². The van der Waals surface area contributed by atoms with Crippen LogP contribution in [-0.4, -0.2) is 29.2 Å². The number of benzene rings is 2. The lowest BCUT2D eigenvalue weighted by Crippen LogP contribution is -2.19. The highest BCUT2D eigenvalue weighted by molar-refractivity contribution is 6.00. The molecule has 2 aromatic carbocycles. The van der Waals surface area contributed by atoms with E-state index in [4.69, 9.17) is 9.26 Å². The topological polar surface area (TPSA) is 118 Å². The number of hydrogen-bond acceptors (Lipinski definition) is 6. The van der Waals surface area contributed by atoms with Gasteiger partial charge in [0.05, 0.1) is 0 Å². The Balaban J connectivity index is 1.55. The predicted molar refractivity (Wildman–Crippen MR) is 117 cm³/mol. The monoisotopic (exact) mass is 423 g/mol. The highest BCUT2D eigenvalue weighted by Crippen LogP contribution is 2.21.